The van der Waals surface area contributed by atoms with Crippen molar-refractivity contribution in [3.8, 4) is 22.6 Å². The molecule has 0 unspecified atom stereocenters. The Hall–Kier alpha value is -3.25. The van der Waals surface area contributed by atoms with Gasteiger partial charge in [0.25, 0.3) is 0 Å². The molecule has 3 rings (SSSR count). The van der Waals surface area contributed by atoms with Crippen LogP contribution in [0.25, 0.3) is 27.7 Å². The van der Waals surface area contributed by atoms with Crippen molar-refractivity contribution in [2.45, 2.75) is 20.3 Å². The summed E-state index contributed by atoms with van der Waals surface area (Å²) in [5.74, 6) is 1.37. The van der Waals surface area contributed by atoms with Gasteiger partial charge in [-0.2, -0.15) is 0 Å². The largest absolute Gasteiger partial charge is 0.497 e. The van der Waals surface area contributed by atoms with Gasteiger partial charge in [-0.1, -0.05) is 12.1 Å². The molecule has 1 aromatic heterocycles. The number of carbonyl (C=O) groups excluding carboxylic acids is 1. The van der Waals surface area contributed by atoms with Crippen LogP contribution in [0.1, 0.15) is 25.8 Å². The van der Waals surface area contributed by atoms with Crippen molar-refractivity contribution in [3.05, 3.63) is 54.3 Å². The number of hydrogen-bond acceptors (Lipinski definition) is 5. The van der Waals surface area contributed by atoms with Crippen LogP contribution in [-0.2, 0) is 4.79 Å². The molecule has 0 saturated heterocycles. The van der Waals surface area contributed by atoms with E-state index in [4.69, 9.17) is 13.9 Å². The molecule has 0 aliphatic carbocycles. The SMILES string of the molecule is CCOc1cc2occ(-c3cccc(OC)c3)c2cc1/C(C)=C/C(=O)NCCCN(C)C. The first-order valence-corrected chi connectivity index (χ1v) is 10.9. The maximum Gasteiger partial charge on any atom is 0.244 e. The average molecular weight is 437 g/mol. The molecule has 0 atom stereocenters. The zero-order chi connectivity index (χ0) is 23.1. The van der Waals surface area contributed by atoms with Gasteiger partial charge in [0.15, 0.2) is 0 Å². The van der Waals surface area contributed by atoms with Crippen molar-refractivity contribution in [1.29, 1.82) is 0 Å². The maximum atomic E-state index is 12.4. The minimum Gasteiger partial charge on any atom is -0.497 e. The van der Waals surface area contributed by atoms with E-state index >= 15 is 0 Å². The standard InChI is InChI=1S/C26H32N2O4/c1-6-31-24-16-25-22(23(17-32-25)19-9-7-10-20(14-19)30-5)15-21(24)18(2)13-26(29)27-11-8-12-28(3)4/h7,9-10,13-17H,6,8,11-12H2,1-5H3,(H,27,29)/b18-13+. The van der Waals surface area contributed by atoms with Crippen LogP contribution in [0.2, 0.25) is 0 Å². The summed E-state index contributed by atoms with van der Waals surface area (Å²) in [6, 6.07) is 11.8. The minimum atomic E-state index is -0.107. The van der Waals surface area contributed by atoms with Crippen molar-refractivity contribution < 1.29 is 18.7 Å². The van der Waals surface area contributed by atoms with Crippen LogP contribution < -0.4 is 14.8 Å². The van der Waals surface area contributed by atoms with Crippen LogP contribution in [0.15, 0.2) is 53.2 Å². The Labute approximate surface area is 189 Å². The molecule has 0 radical (unpaired) electrons. The number of hydrogen-bond donors (Lipinski definition) is 1. The fraction of sp³-hybridized carbons (Fsp3) is 0.346. The second-order valence-corrected chi connectivity index (χ2v) is 7.93. The highest BCUT2D eigenvalue weighted by Gasteiger charge is 2.15. The third-order valence-electron chi connectivity index (χ3n) is 5.21. The molecule has 6 heteroatoms. The molecule has 1 amide bonds. The summed E-state index contributed by atoms with van der Waals surface area (Å²) in [6.07, 6.45) is 4.28. The summed E-state index contributed by atoms with van der Waals surface area (Å²) >= 11 is 0. The monoisotopic (exact) mass is 436 g/mol. The van der Waals surface area contributed by atoms with Gasteiger partial charge >= 0.3 is 0 Å². The lowest BCUT2D eigenvalue weighted by molar-refractivity contribution is -0.116. The van der Waals surface area contributed by atoms with E-state index in [0.29, 0.717) is 18.9 Å². The summed E-state index contributed by atoms with van der Waals surface area (Å²) < 4.78 is 17.1. The highest BCUT2D eigenvalue weighted by Crippen LogP contribution is 2.38. The number of benzene rings is 2. The van der Waals surface area contributed by atoms with E-state index < -0.39 is 0 Å². The van der Waals surface area contributed by atoms with E-state index in [2.05, 4.69) is 10.2 Å². The predicted octanol–water partition coefficient (Wildman–Crippen LogP) is 4.98. The van der Waals surface area contributed by atoms with Crippen molar-refractivity contribution in [2.75, 3.05) is 40.9 Å². The van der Waals surface area contributed by atoms with Crippen molar-refractivity contribution in [1.82, 2.24) is 10.2 Å². The first-order valence-electron chi connectivity index (χ1n) is 10.9. The van der Waals surface area contributed by atoms with E-state index in [1.807, 2.05) is 64.3 Å². The number of allylic oxidation sites excluding steroid dienone is 1. The Morgan fingerprint density at radius 2 is 2.03 bits per heavy atom. The quantitative estimate of drug-likeness (QED) is 0.359. The Morgan fingerprint density at radius 3 is 2.75 bits per heavy atom. The fourth-order valence-corrected chi connectivity index (χ4v) is 3.58. The average Bonchev–Trinajstić information content (AvgIpc) is 3.19. The Morgan fingerprint density at radius 1 is 1.22 bits per heavy atom. The van der Waals surface area contributed by atoms with Gasteiger partial charge in [0, 0.05) is 35.2 Å². The molecule has 1 heterocycles. The summed E-state index contributed by atoms with van der Waals surface area (Å²) in [5, 5.41) is 3.91. The number of methoxy groups -OCH3 is 1. The van der Waals surface area contributed by atoms with Gasteiger partial charge < -0.3 is 24.1 Å². The molecule has 0 bridgehead atoms. The van der Waals surface area contributed by atoms with E-state index in [1.165, 1.54) is 0 Å². The Balaban J connectivity index is 1.93. The summed E-state index contributed by atoms with van der Waals surface area (Å²) in [7, 11) is 5.69. The van der Waals surface area contributed by atoms with Gasteiger partial charge in [-0.05, 0) is 70.2 Å². The highest BCUT2D eigenvalue weighted by atomic mass is 16.5. The van der Waals surface area contributed by atoms with Crippen LogP contribution in [0.4, 0.5) is 0 Å². The second kappa shape index (κ2) is 10.9. The Bertz CT molecular complexity index is 1100. The van der Waals surface area contributed by atoms with Gasteiger partial charge in [-0.25, -0.2) is 0 Å². The van der Waals surface area contributed by atoms with Gasteiger partial charge in [-0.3, -0.25) is 4.79 Å². The summed E-state index contributed by atoms with van der Waals surface area (Å²) in [6.45, 7) is 5.95. The van der Waals surface area contributed by atoms with Gasteiger partial charge in [0.2, 0.25) is 5.91 Å². The number of nitrogens with zero attached hydrogens (tertiary/aromatic N) is 1. The van der Waals surface area contributed by atoms with Crippen LogP contribution >= 0.6 is 0 Å². The van der Waals surface area contributed by atoms with E-state index in [9.17, 15) is 4.79 Å². The van der Waals surface area contributed by atoms with Crippen LogP contribution in [-0.4, -0.2) is 51.7 Å². The molecule has 0 spiro atoms. The molecule has 6 nitrogen and oxygen atoms in total. The number of nitrogens with one attached hydrogen (secondary N) is 1. The van der Waals surface area contributed by atoms with E-state index in [-0.39, 0.29) is 5.91 Å². The second-order valence-electron chi connectivity index (χ2n) is 7.93. The number of amides is 1. The third kappa shape index (κ3) is 5.71. The highest BCUT2D eigenvalue weighted by molar-refractivity contribution is 6.00. The zero-order valence-corrected chi connectivity index (χ0v) is 19.5. The molecule has 1 N–H and O–H groups in total. The number of carbonyl (C=O) groups is 1. The molecular weight excluding hydrogens is 404 g/mol. The minimum absolute atomic E-state index is 0.107. The summed E-state index contributed by atoms with van der Waals surface area (Å²) in [4.78, 5) is 14.5. The number of ether oxygens (including phenoxy) is 2. The first-order chi connectivity index (χ1) is 15.4. The molecule has 170 valence electrons. The van der Waals surface area contributed by atoms with E-state index in [0.717, 1.165) is 51.9 Å². The molecule has 3 aromatic rings. The lowest BCUT2D eigenvalue weighted by atomic mass is 9.99. The fourth-order valence-electron chi connectivity index (χ4n) is 3.58. The smallest absolute Gasteiger partial charge is 0.244 e. The van der Waals surface area contributed by atoms with Crippen LogP contribution in [0.5, 0.6) is 11.5 Å². The van der Waals surface area contributed by atoms with Gasteiger partial charge in [0.1, 0.15) is 17.1 Å². The molecule has 0 fully saturated rings. The van der Waals surface area contributed by atoms with Crippen molar-refractivity contribution >= 4 is 22.4 Å². The van der Waals surface area contributed by atoms with Crippen molar-refractivity contribution in [2.24, 2.45) is 0 Å². The molecule has 0 aliphatic rings. The first kappa shape index (κ1) is 23.4. The Kier molecular flexibility index (Phi) is 7.95. The van der Waals surface area contributed by atoms with Gasteiger partial charge in [-0.15, -0.1) is 0 Å². The number of rotatable bonds is 10. The predicted molar refractivity (Wildman–Crippen MR) is 129 cm³/mol. The van der Waals surface area contributed by atoms with E-state index in [1.54, 1.807) is 19.4 Å². The number of furan rings is 1. The lowest BCUT2D eigenvalue weighted by Crippen LogP contribution is -2.25. The summed E-state index contributed by atoms with van der Waals surface area (Å²) in [5.41, 5.74) is 4.39. The molecule has 2 aromatic carbocycles. The molecular formula is C26H32N2O4. The molecule has 0 aliphatic heterocycles. The van der Waals surface area contributed by atoms with Crippen molar-refractivity contribution in [3.63, 3.8) is 0 Å². The van der Waals surface area contributed by atoms with Gasteiger partial charge in [0.05, 0.1) is 20.0 Å². The normalized spacial score (nSPS) is 11.8. The number of fused-ring (bicyclic) bond motifs is 1. The molecule has 32 heavy (non-hydrogen) atoms. The lowest BCUT2D eigenvalue weighted by Gasteiger charge is -2.12. The van der Waals surface area contributed by atoms with Crippen LogP contribution in [0.3, 0.4) is 0 Å². The van der Waals surface area contributed by atoms with Crippen LogP contribution in [0, 0.1) is 0 Å². The maximum absolute atomic E-state index is 12.4. The topological polar surface area (TPSA) is 63.9 Å². The molecule has 0 saturated carbocycles. The zero-order valence-electron chi connectivity index (χ0n) is 19.5. The third-order valence-corrected chi connectivity index (χ3v) is 5.21.